The number of carbonyl (C=O) groups excluding carboxylic acids is 1. The zero-order valence-corrected chi connectivity index (χ0v) is 14.1. The van der Waals surface area contributed by atoms with Crippen molar-refractivity contribution in [3.05, 3.63) is 77.6 Å². The number of aromatic nitrogens is 2. The van der Waals surface area contributed by atoms with Gasteiger partial charge in [0.15, 0.2) is 0 Å². The lowest BCUT2D eigenvalue weighted by Gasteiger charge is -2.09. The molecule has 2 N–H and O–H groups in total. The number of aryl methyl sites for hydroxylation is 2. The zero-order chi connectivity index (χ0) is 17.6. The minimum atomic E-state index is -0.0503. The van der Waals surface area contributed by atoms with E-state index < -0.39 is 0 Å². The molecule has 25 heavy (non-hydrogen) atoms. The number of nitrogens with one attached hydrogen (secondary N) is 1. The first kappa shape index (κ1) is 16.9. The predicted molar refractivity (Wildman–Crippen MR) is 97.6 cm³/mol. The number of aliphatic hydroxyl groups excluding tert-OH is 1. The molecule has 0 bridgehead atoms. The average Bonchev–Trinajstić information content (AvgIpc) is 3.12. The lowest BCUT2D eigenvalue weighted by atomic mass is 10.1. The van der Waals surface area contributed by atoms with Crippen LogP contribution in [-0.4, -0.2) is 20.8 Å². The van der Waals surface area contributed by atoms with Crippen LogP contribution in [0.4, 0.5) is 5.69 Å². The summed E-state index contributed by atoms with van der Waals surface area (Å²) in [5, 5.41) is 16.5. The van der Waals surface area contributed by atoms with Gasteiger partial charge in [0.05, 0.1) is 18.5 Å². The summed E-state index contributed by atoms with van der Waals surface area (Å²) in [6.07, 6.45) is 4.73. The number of anilines is 1. The van der Waals surface area contributed by atoms with Gasteiger partial charge in [-0.3, -0.25) is 4.79 Å². The quantitative estimate of drug-likeness (QED) is 0.727. The van der Waals surface area contributed by atoms with E-state index in [-0.39, 0.29) is 12.5 Å². The van der Waals surface area contributed by atoms with Crippen LogP contribution in [0, 0.1) is 6.92 Å². The van der Waals surface area contributed by atoms with Crippen molar-refractivity contribution < 1.29 is 9.90 Å². The smallest absolute Gasteiger partial charge is 0.224 e. The Morgan fingerprint density at radius 2 is 1.96 bits per heavy atom. The minimum Gasteiger partial charge on any atom is -0.392 e. The van der Waals surface area contributed by atoms with Crippen LogP contribution in [0.3, 0.4) is 0 Å². The Morgan fingerprint density at radius 3 is 2.72 bits per heavy atom. The molecular formula is C20H21N3O2. The number of amides is 1. The Hall–Kier alpha value is -2.92. The average molecular weight is 335 g/mol. The van der Waals surface area contributed by atoms with E-state index in [1.165, 1.54) is 0 Å². The number of para-hydroxylation sites is 1. The van der Waals surface area contributed by atoms with Gasteiger partial charge < -0.3 is 10.4 Å². The molecule has 5 nitrogen and oxygen atoms in total. The summed E-state index contributed by atoms with van der Waals surface area (Å²) in [7, 11) is 0. The monoisotopic (exact) mass is 335 g/mol. The van der Waals surface area contributed by atoms with Crippen LogP contribution < -0.4 is 5.32 Å². The topological polar surface area (TPSA) is 67.2 Å². The number of hydrogen-bond acceptors (Lipinski definition) is 3. The van der Waals surface area contributed by atoms with Crippen LogP contribution in [0.15, 0.2) is 60.9 Å². The molecule has 0 aliphatic heterocycles. The van der Waals surface area contributed by atoms with Gasteiger partial charge in [0.2, 0.25) is 5.91 Å². The second-order valence-electron chi connectivity index (χ2n) is 5.98. The van der Waals surface area contributed by atoms with E-state index >= 15 is 0 Å². The molecule has 1 heterocycles. The fraction of sp³-hybridized carbons (Fsp3) is 0.200. The second-order valence-corrected chi connectivity index (χ2v) is 5.98. The fourth-order valence-electron chi connectivity index (χ4n) is 2.58. The summed E-state index contributed by atoms with van der Waals surface area (Å²) >= 11 is 0. The number of carbonyl (C=O) groups is 1. The van der Waals surface area contributed by atoms with Crippen LogP contribution in [-0.2, 0) is 17.8 Å². The molecule has 1 aromatic heterocycles. The van der Waals surface area contributed by atoms with Crippen molar-refractivity contribution in [3.8, 4) is 5.69 Å². The highest BCUT2D eigenvalue weighted by molar-refractivity contribution is 5.91. The Morgan fingerprint density at radius 1 is 1.16 bits per heavy atom. The Kier molecular flexibility index (Phi) is 5.26. The van der Waals surface area contributed by atoms with Gasteiger partial charge in [-0.2, -0.15) is 5.10 Å². The Bertz CT molecular complexity index is 856. The van der Waals surface area contributed by atoms with Gasteiger partial charge in [0.25, 0.3) is 0 Å². The highest BCUT2D eigenvalue weighted by Crippen LogP contribution is 2.17. The van der Waals surface area contributed by atoms with Gasteiger partial charge in [-0.05, 0) is 48.2 Å². The molecule has 128 valence electrons. The molecule has 1 amide bonds. The predicted octanol–water partition coefficient (Wildman–Crippen LogP) is 3.24. The number of nitrogens with zero attached hydrogens (tertiary/aromatic N) is 2. The van der Waals surface area contributed by atoms with Crippen LogP contribution in [0.5, 0.6) is 0 Å². The van der Waals surface area contributed by atoms with Crippen LogP contribution in [0.25, 0.3) is 5.69 Å². The number of benzene rings is 2. The third-order valence-electron chi connectivity index (χ3n) is 4.06. The van der Waals surface area contributed by atoms with Crippen LogP contribution >= 0.6 is 0 Å². The van der Waals surface area contributed by atoms with Crippen molar-refractivity contribution in [1.29, 1.82) is 0 Å². The Labute approximate surface area is 146 Å². The van der Waals surface area contributed by atoms with E-state index in [1.54, 1.807) is 12.3 Å². The van der Waals surface area contributed by atoms with E-state index in [1.807, 2.05) is 60.3 Å². The zero-order valence-electron chi connectivity index (χ0n) is 14.1. The van der Waals surface area contributed by atoms with Crippen molar-refractivity contribution in [2.75, 3.05) is 5.32 Å². The van der Waals surface area contributed by atoms with Gasteiger partial charge in [-0.25, -0.2) is 4.68 Å². The van der Waals surface area contributed by atoms with E-state index in [0.717, 1.165) is 28.1 Å². The van der Waals surface area contributed by atoms with E-state index in [9.17, 15) is 9.90 Å². The second kappa shape index (κ2) is 7.77. The van der Waals surface area contributed by atoms with Crippen molar-refractivity contribution in [2.45, 2.75) is 26.4 Å². The maximum atomic E-state index is 12.2. The molecule has 0 unspecified atom stereocenters. The highest BCUT2D eigenvalue weighted by Gasteiger charge is 2.08. The third kappa shape index (κ3) is 4.33. The van der Waals surface area contributed by atoms with Crippen molar-refractivity contribution in [1.82, 2.24) is 9.78 Å². The van der Waals surface area contributed by atoms with Crippen molar-refractivity contribution in [2.24, 2.45) is 0 Å². The first-order valence-electron chi connectivity index (χ1n) is 8.25. The highest BCUT2D eigenvalue weighted by atomic mass is 16.3. The SMILES string of the molecule is Cc1ccc(CO)cc1NC(=O)CCc1cnn(-c2ccccc2)c1. The number of rotatable bonds is 6. The maximum Gasteiger partial charge on any atom is 0.224 e. The van der Waals surface area contributed by atoms with E-state index in [4.69, 9.17) is 0 Å². The molecule has 5 heteroatoms. The molecule has 0 saturated carbocycles. The first-order valence-corrected chi connectivity index (χ1v) is 8.25. The first-order chi connectivity index (χ1) is 12.2. The molecule has 0 spiro atoms. The molecule has 0 radical (unpaired) electrons. The lowest BCUT2D eigenvalue weighted by Crippen LogP contribution is -2.13. The molecule has 3 aromatic rings. The lowest BCUT2D eigenvalue weighted by molar-refractivity contribution is -0.116. The summed E-state index contributed by atoms with van der Waals surface area (Å²) in [6, 6.07) is 15.4. The van der Waals surface area contributed by atoms with Gasteiger partial charge in [-0.15, -0.1) is 0 Å². The summed E-state index contributed by atoms with van der Waals surface area (Å²) in [6.45, 7) is 1.89. The summed E-state index contributed by atoms with van der Waals surface area (Å²) in [4.78, 5) is 12.2. The molecular weight excluding hydrogens is 314 g/mol. The standard InChI is InChI=1S/C20H21N3O2/c1-15-7-8-16(14-24)11-19(15)22-20(25)10-9-17-12-21-23(13-17)18-5-3-2-4-6-18/h2-8,11-13,24H,9-10,14H2,1H3,(H,22,25). The van der Waals surface area contributed by atoms with Gasteiger partial charge >= 0.3 is 0 Å². The molecule has 0 aliphatic rings. The third-order valence-corrected chi connectivity index (χ3v) is 4.06. The fourth-order valence-corrected chi connectivity index (χ4v) is 2.58. The van der Waals surface area contributed by atoms with Gasteiger partial charge in [0, 0.05) is 18.3 Å². The van der Waals surface area contributed by atoms with Crippen LogP contribution in [0.1, 0.15) is 23.1 Å². The summed E-state index contributed by atoms with van der Waals surface area (Å²) in [5.41, 5.74) is 4.51. The van der Waals surface area contributed by atoms with E-state index in [2.05, 4.69) is 10.4 Å². The molecule has 3 rings (SSSR count). The number of hydrogen-bond donors (Lipinski definition) is 2. The Balaban J connectivity index is 1.59. The van der Waals surface area contributed by atoms with E-state index in [0.29, 0.717) is 12.8 Å². The number of aliphatic hydroxyl groups is 1. The molecule has 2 aromatic carbocycles. The normalized spacial score (nSPS) is 10.6. The maximum absolute atomic E-state index is 12.2. The molecule has 0 fully saturated rings. The van der Waals surface area contributed by atoms with Crippen molar-refractivity contribution >= 4 is 11.6 Å². The largest absolute Gasteiger partial charge is 0.392 e. The van der Waals surface area contributed by atoms with Gasteiger partial charge in [0.1, 0.15) is 0 Å². The molecule has 0 saturated heterocycles. The molecule has 0 aliphatic carbocycles. The summed E-state index contributed by atoms with van der Waals surface area (Å²) < 4.78 is 1.81. The van der Waals surface area contributed by atoms with Gasteiger partial charge in [-0.1, -0.05) is 30.3 Å². The summed E-state index contributed by atoms with van der Waals surface area (Å²) in [5.74, 6) is -0.0503. The molecule has 0 atom stereocenters. The minimum absolute atomic E-state index is 0.0399. The van der Waals surface area contributed by atoms with Crippen molar-refractivity contribution in [3.63, 3.8) is 0 Å². The van der Waals surface area contributed by atoms with Crippen LogP contribution in [0.2, 0.25) is 0 Å².